The second-order valence-corrected chi connectivity index (χ2v) is 13.4. The topological polar surface area (TPSA) is 147 Å². The van der Waals surface area contributed by atoms with Crippen LogP contribution in [0.1, 0.15) is 82.2 Å². The zero-order valence-corrected chi connectivity index (χ0v) is 30.7. The third-order valence-electron chi connectivity index (χ3n) is 9.39. The van der Waals surface area contributed by atoms with E-state index in [2.05, 4.69) is 36.0 Å². The quantitative estimate of drug-likeness (QED) is 0.110. The molecule has 0 saturated carbocycles. The number of aromatic nitrogens is 6. The average Bonchev–Trinajstić information content (AvgIpc) is 3.89. The van der Waals surface area contributed by atoms with Crippen molar-refractivity contribution in [3.63, 3.8) is 0 Å². The van der Waals surface area contributed by atoms with Gasteiger partial charge in [0.1, 0.15) is 29.4 Å². The Morgan fingerprint density at radius 2 is 1.05 bits per heavy atom. The predicted octanol–water partition coefficient (Wildman–Crippen LogP) is 10.8. The van der Waals surface area contributed by atoms with Crippen molar-refractivity contribution in [3.05, 3.63) is 215 Å². The van der Waals surface area contributed by atoms with Gasteiger partial charge in [0.25, 0.3) is 0 Å². The van der Waals surface area contributed by atoms with E-state index in [-0.39, 0.29) is 39.6 Å². The van der Waals surface area contributed by atoms with Gasteiger partial charge in [0, 0.05) is 94.4 Å². The third kappa shape index (κ3) is 10.2. The van der Waals surface area contributed by atoms with Crippen LogP contribution in [0.5, 0.6) is 11.5 Å². The first-order chi connectivity index (χ1) is 28.0. The first-order valence-electron chi connectivity index (χ1n) is 18.3. The van der Waals surface area contributed by atoms with E-state index in [9.17, 15) is 14.7 Å². The van der Waals surface area contributed by atoms with Crippen LogP contribution in [-0.4, -0.2) is 46.6 Å². The Bertz CT molecular complexity index is 2800. The maximum atomic E-state index is 12.9. The summed E-state index contributed by atoms with van der Waals surface area (Å²) in [7, 11) is 0. The van der Waals surface area contributed by atoms with Crippen molar-refractivity contribution in [1.82, 2.24) is 29.9 Å². The summed E-state index contributed by atoms with van der Waals surface area (Å²) in [5.41, 5.74) is 8.60. The number of phenolic OH excluding ortho intramolecular Hbond substituents is 1. The molecule has 9 rings (SSSR count). The van der Waals surface area contributed by atoms with Gasteiger partial charge >= 0.3 is 0 Å². The predicted molar refractivity (Wildman–Crippen MR) is 239 cm³/mol. The number of ether oxygens (including phenoxy) is 1. The number of pyridine rings is 4. The van der Waals surface area contributed by atoms with Crippen LogP contribution in [0.4, 0.5) is 0 Å². The molecule has 0 atom stereocenters. The van der Waals surface area contributed by atoms with Crippen LogP contribution < -0.4 is 4.74 Å². The Morgan fingerprint density at radius 1 is 0.533 bits per heavy atom. The van der Waals surface area contributed by atoms with Crippen LogP contribution in [0.3, 0.4) is 0 Å². The van der Waals surface area contributed by atoms with Gasteiger partial charge in [0.05, 0.1) is 0 Å². The molecule has 0 fully saturated rings. The Labute approximate surface area is 350 Å². The van der Waals surface area contributed by atoms with Gasteiger partial charge in [-0.05, 0) is 89.5 Å². The molecule has 302 valence electrons. The minimum atomic E-state index is -0.0874. The smallest absolute Gasteiger partial charge is 0.196 e. The summed E-state index contributed by atoms with van der Waals surface area (Å²) in [4.78, 5) is 49.0. The fourth-order valence-corrected chi connectivity index (χ4v) is 6.50. The number of rotatable bonds is 11. The maximum Gasteiger partial charge on any atom is 0.196 e. The summed E-state index contributed by atoms with van der Waals surface area (Å²) in [5, 5.41) is 11.1. The molecule has 3 N–H and O–H groups in total. The largest absolute Gasteiger partial charge is 0.508 e. The number of carbonyl (C=O) groups is 2. The van der Waals surface area contributed by atoms with Gasteiger partial charge in [-0.1, -0.05) is 76.9 Å². The van der Waals surface area contributed by atoms with Gasteiger partial charge in [0.2, 0.25) is 0 Å². The normalized spacial score (nSPS) is 10.3. The van der Waals surface area contributed by atoms with Gasteiger partial charge in [0.15, 0.2) is 11.6 Å². The van der Waals surface area contributed by atoms with Crippen LogP contribution in [0, 0.1) is 0 Å². The first kappa shape index (κ1) is 43.4. The number of phenols is 1. The number of nitrogens with one attached hydrogen (secondary N) is 2. The van der Waals surface area contributed by atoms with Crippen molar-refractivity contribution in [2.45, 2.75) is 41.7 Å². The lowest BCUT2D eigenvalue weighted by Gasteiger charge is -2.08. The molecule has 9 aromatic rings. The lowest BCUT2D eigenvalue weighted by molar-refractivity contribution is 0.103. The molecule has 0 bridgehead atoms. The van der Waals surface area contributed by atoms with Crippen LogP contribution in [0.15, 0.2) is 165 Å². The van der Waals surface area contributed by atoms with Crippen molar-refractivity contribution in [1.29, 1.82) is 0 Å². The number of hydrogen-bond acceptors (Lipinski definition) is 8. The highest BCUT2D eigenvalue weighted by molar-refractivity contribution is 6.16. The number of ketones is 2. The Kier molecular flexibility index (Phi) is 14.6. The lowest BCUT2D eigenvalue weighted by Crippen LogP contribution is -2.02. The summed E-state index contributed by atoms with van der Waals surface area (Å²) in [5.74, 6) is 0.901. The van der Waals surface area contributed by atoms with E-state index in [1.165, 1.54) is 0 Å². The van der Waals surface area contributed by atoms with Gasteiger partial charge in [-0.3, -0.25) is 19.6 Å². The maximum absolute atomic E-state index is 12.9. The number of aromatic amines is 2. The van der Waals surface area contributed by atoms with Crippen molar-refractivity contribution in [2.24, 2.45) is 0 Å². The highest BCUT2D eigenvalue weighted by Gasteiger charge is 2.16. The Hall–Kier alpha value is -7.72. The Morgan fingerprint density at radius 3 is 1.57 bits per heavy atom. The van der Waals surface area contributed by atoms with Gasteiger partial charge in [-0.15, -0.1) is 0 Å². The standard InChI is InChI=1S/C27H21N3O2.C20H15N3O2.3CH4/c31-26(25-17-30-27-24(25)10-5-13-28-27)21-11-12-22(29-16-21)14-20-8-4-9-23(15-20)32-18-19-6-2-1-3-7-19;24-16-4-1-3-13(10-16)9-15-7-6-14(11-22-15)19(25)18-12-23-20-17(18)5-2-8-21-20;;;/h1-13,15-17H,14,18H2,(H,28,30);1-8,10-12,24H,9H2,(H,21,23);3*1H4. The van der Waals surface area contributed by atoms with Crippen molar-refractivity contribution >= 4 is 33.6 Å². The van der Waals surface area contributed by atoms with Crippen molar-refractivity contribution in [3.8, 4) is 11.5 Å². The van der Waals surface area contributed by atoms with E-state index in [4.69, 9.17) is 4.74 Å². The van der Waals surface area contributed by atoms with Gasteiger partial charge in [-0.2, -0.15) is 0 Å². The van der Waals surface area contributed by atoms with E-state index in [0.717, 1.165) is 44.6 Å². The average molecular weight is 797 g/mol. The van der Waals surface area contributed by atoms with E-state index < -0.39 is 0 Å². The SMILES string of the molecule is C.C.C.O=C(c1ccc(Cc2cccc(O)c2)nc1)c1c[nH]c2ncccc12.O=C(c1ccc(Cc2cccc(OCc3ccccc3)c2)nc1)c1c[nH]c2ncccc12. The molecule has 0 spiro atoms. The monoisotopic (exact) mass is 796 g/mol. The van der Waals surface area contributed by atoms with Crippen molar-refractivity contribution in [2.75, 3.05) is 0 Å². The summed E-state index contributed by atoms with van der Waals surface area (Å²) in [6.45, 7) is 0.530. The summed E-state index contributed by atoms with van der Waals surface area (Å²) >= 11 is 0. The molecular weight excluding hydrogens is 749 g/mol. The molecule has 0 amide bonds. The van der Waals surface area contributed by atoms with E-state index >= 15 is 0 Å². The van der Waals surface area contributed by atoms with E-state index in [0.29, 0.717) is 53.0 Å². The van der Waals surface area contributed by atoms with Crippen LogP contribution in [0.2, 0.25) is 0 Å². The number of nitrogens with zero attached hydrogens (tertiary/aromatic N) is 4. The Balaban J connectivity index is 0.000000222. The molecule has 0 radical (unpaired) electrons. The molecule has 6 aromatic heterocycles. The number of H-pyrrole nitrogens is 2. The van der Waals surface area contributed by atoms with Crippen LogP contribution in [0.25, 0.3) is 22.1 Å². The third-order valence-corrected chi connectivity index (χ3v) is 9.39. The van der Waals surface area contributed by atoms with E-state index in [1.54, 1.807) is 61.4 Å². The minimum Gasteiger partial charge on any atom is -0.508 e. The number of aromatic hydroxyl groups is 1. The number of benzene rings is 3. The van der Waals surface area contributed by atoms with E-state index in [1.807, 2.05) is 97.1 Å². The molecule has 60 heavy (non-hydrogen) atoms. The summed E-state index contributed by atoms with van der Waals surface area (Å²) in [6.07, 6.45) is 11.3. The number of fused-ring (bicyclic) bond motifs is 2. The highest BCUT2D eigenvalue weighted by atomic mass is 16.5. The molecule has 10 heteroatoms. The van der Waals surface area contributed by atoms with Crippen molar-refractivity contribution < 1.29 is 19.4 Å². The second-order valence-electron chi connectivity index (χ2n) is 13.4. The van der Waals surface area contributed by atoms with Crippen LogP contribution >= 0.6 is 0 Å². The van der Waals surface area contributed by atoms with Gasteiger partial charge in [-0.25, -0.2) is 9.97 Å². The molecule has 0 saturated heterocycles. The fraction of sp³-hybridized carbons (Fsp3) is 0.120. The number of carbonyl (C=O) groups excluding carboxylic acids is 2. The molecular formula is C50H48N6O4. The molecule has 6 heterocycles. The number of hydrogen-bond donors (Lipinski definition) is 3. The minimum absolute atomic E-state index is 0. The molecule has 0 aliphatic carbocycles. The molecule has 0 aliphatic rings. The molecule has 10 nitrogen and oxygen atoms in total. The molecule has 0 unspecified atom stereocenters. The fourth-order valence-electron chi connectivity index (χ4n) is 6.50. The first-order valence-corrected chi connectivity index (χ1v) is 18.3. The summed E-state index contributed by atoms with van der Waals surface area (Å²) < 4.78 is 5.92. The lowest BCUT2D eigenvalue weighted by atomic mass is 10.0. The zero-order chi connectivity index (χ0) is 39.0. The highest BCUT2D eigenvalue weighted by Crippen LogP contribution is 2.22. The summed E-state index contributed by atoms with van der Waals surface area (Å²) in [6, 6.07) is 39.9. The zero-order valence-electron chi connectivity index (χ0n) is 30.7. The van der Waals surface area contributed by atoms with Gasteiger partial charge < -0.3 is 19.8 Å². The second kappa shape index (κ2) is 20.1. The van der Waals surface area contributed by atoms with Crippen LogP contribution in [-0.2, 0) is 19.4 Å². The molecule has 3 aromatic carbocycles. The molecule has 0 aliphatic heterocycles.